The summed E-state index contributed by atoms with van der Waals surface area (Å²) in [6.07, 6.45) is 2.71. The number of rotatable bonds is 7. The van der Waals surface area contributed by atoms with Crippen LogP contribution in [-0.2, 0) is 10.0 Å². The van der Waals surface area contributed by atoms with Gasteiger partial charge in [-0.25, -0.2) is 18.4 Å². The van der Waals surface area contributed by atoms with Crippen molar-refractivity contribution in [3.63, 3.8) is 0 Å². The molecule has 0 aliphatic rings. The van der Waals surface area contributed by atoms with Gasteiger partial charge in [0.25, 0.3) is 11.8 Å². The minimum atomic E-state index is -3.71. The van der Waals surface area contributed by atoms with Gasteiger partial charge >= 0.3 is 0 Å². The number of hydrogen-bond acceptors (Lipinski definition) is 6. The van der Waals surface area contributed by atoms with E-state index >= 15 is 0 Å². The molecule has 0 atom stereocenters. The second-order valence-corrected chi connectivity index (χ2v) is 8.62. The quantitative estimate of drug-likeness (QED) is 0.529. The summed E-state index contributed by atoms with van der Waals surface area (Å²) in [6.45, 7) is 4.11. The summed E-state index contributed by atoms with van der Waals surface area (Å²) in [5, 5.41) is 0. The molecule has 0 bridgehead atoms. The predicted molar refractivity (Wildman–Crippen MR) is 119 cm³/mol. The maximum atomic E-state index is 12.7. The minimum Gasteiger partial charge on any atom is -0.267 e. The second-order valence-electron chi connectivity index (χ2n) is 6.69. The Balaban J connectivity index is 1.66. The average Bonchev–Trinajstić information content (AvgIpc) is 2.83. The third-order valence-corrected chi connectivity index (χ3v) is 6.72. The van der Waals surface area contributed by atoms with Crippen molar-refractivity contribution in [1.82, 2.24) is 25.1 Å². The van der Waals surface area contributed by atoms with E-state index in [9.17, 15) is 18.0 Å². The molecule has 0 saturated carbocycles. The molecule has 32 heavy (non-hydrogen) atoms. The number of hydrogen-bond donors (Lipinski definition) is 2. The van der Waals surface area contributed by atoms with Gasteiger partial charge in [-0.2, -0.15) is 4.31 Å². The molecule has 0 aliphatic heterocycles. The van der Waals surface area contributed by atoms with Gasteiger partial charge in [-0.05, 0) is 18.2 Å². The largest absolute Gasteiger partial charge is 0.272 e. The molecule has 3 aromatic rings. The Morgan fingerprint density at radius 2 is 1.44 bits per heavy atom. The molecular weight excluding hydrogens is 430 g/mol. The molecule has 166 valence electrons. The first-order chi connectivity index (χ1) is 15.4. The van der Waals surface area contributed by atoms with Gasteiger partial charge in [0, 0.05) is 36.6 Å². The van der Waals surface area contributed by atoms with Gasteiger partial charge in [-0.1, -0.05) is 50.2 Å². The maximum absolute atomic E-state index is 12.7. The number of amides is 2. The Hall–Kier alpha value is -3.63. The van der Waals surface area contributed by atoms with E-state index < -0.39 is 21.8 Å². The van der Waals surface area contributed by atoms with Crippen molar-refractivity contribution in [2.75, 3.05) is 13.1 Å². The first-order valence-corrected chi connectivity index (χ1v) is 11.4. The third-order valence-electron chi connectivity index (χ3n) is 4.67. The van der Waals surface area contributed by atoms with E-state index in [1.54, 1.807) is 13.8 Å². The zero-order valence-electron chi connectivity index (χ0n) is 17.6. The molecule has 0 spiro atoms. The minimum absolute atomic E-state index is 0.00470. The molecule has 2 aromatic carbocycles. The Kier molecular flexibility index (Phi) is 7.29. The molecule has 9 nitrogen and oxygen atoms in total. The highest BCUT2D eigenvalue weighted by atomic mass is 32.2. The Bertz CT molecular complexity index is 1190. The number of carbonyl (C=O) groups is 2. The standard InChI is InChI=1S/C22H23N5O4S/c1-3-27(4-2)32(30,31)19-12-8-11-17(13-19)21(28)25-26-22(29)18-14-23-20(24-15-18)16-9-6-5-7-10-16/h5-15H,3-4H2,1-2H3,(H,25,28)(H,26,29). The Morgan fingerprint density at radius 3 is 2.03 bits per heavy atom. The summed E-state index contributed by atoms with van der Waals surface area (Å²) in [6, 6.07) is 14.9. The second kappa shape index (κ2) is 10.1. The summed E-state index contributed by atoms with van der Waals surface area (Å²) in [5.41, 5.74) is 5.62. The molecule has 0 unspecified atom stereocenters. The smallest absolute Gasteiger partial charge is 0.267 e. The first-order valence-electron chi connectivity index (χ1n) is 9.95. The highest BCUT2D eigenvalue weighted by Gasteiger charge is 2.22. The number of carbonyl (C=O) groups excluding carboxylic acids is 2. The van der Waals surface area contributed by atoms with E-state index in [1.807, 2.05) is 30.3 Å². The van der Waals surface area contributed by atoms with Crippen molar-refractivity contribution in [3.05, 3.63) is 78.1 Å². The number of sulfonamides is 1. The van der Waals surface area contributed by atoms with Crippen molar-refractivity contribution in [2.45, 2.75) is 18.7 Å². The lowest BCUT2D eigenvalue weighted by molar-refractivity contribution is 0.0846. The van der Waals surface area contributed by atoms with Gasteiger partial charge in [-0.15, -0.1) is 0 Å². The normalized spacial score (nSPS) is 11.2. The number of hydrazine groups is 1. The van der Waals surface area contributed by atoms with Crippen LogP contribution in [0.3, 0.4) is 0 Å². The molecule has 3 rings (SSSR count). The SMILES string of the molecule is CCN(CC)S(=O)(=O)c1cccc(C(=O)NNC(=O)c2cnc(-c3ccccc3)nc2)c1. The molecule has 2 amide bonds. The number of nitrogens with one attached hydrogen (secondary N) is 2. The van der Waals surface area contributed by atoms with E-state index in [2.05, 4.69) is 20.8 Å². The molecule has 0 fully saturated rings. The van der Waals surface area contributed by atoms with Crippen molar-refractivity contribution >= 4 is 21.8 Å². The van der Waals surface area contributed by atoms with Crippen LogP contribution in [0, 0.1) is 0 Å². The van der Waals surface area contributed by atoms with Crippen LogP contribution in [0.1, 0.15) is 34.6 Å². The number of benzene rings is 2. The Morgan fingerprint density at radius 1 is 0.844 bits per heavy atom. The fourth-order valence-electron chi connectivity index (χ4n) is 2.95. The van der Waals surface area contributed by atoms with Crippen LogP contribution in [-0.4, -0.2) is 47.6 Å². The molecule has 0 radical (unpaired) electrons. The van der Waals surface area contributed by atoms with Crippen LogP contribution in [0.15, 0.2) is 71.9 Å². The van der Waals surface area contributed by atoms with E-state index in [0.717, 1.165) is 5.56 Å². The van der Waals surface area contributed by atoms with Crippen molar-refractivity contribution in [3.8, 4) is 11.4 Å². The highest BCUT2D eigenvalue weighted by Crippen LogP contribution is 2.17. The van der Waals surface area contributed by atoms with Gasteiger partial charge in [0.1, 0.15) is 0 Å². The van der Waals surface area contributed by atoms with Crippen molar-refractivity contribution in [1.29, 1.82) is 0 Å². The van der Waals surface area contributed by atoms with E-state index in [4.69, 9.17) is 0 Å². The molecule has 1 aromatic heterocycles. The van der Waals surface area contributed by atoms with Gasteiger partial charge < -0.3 is 0 Å². The summed E-state index contributed by atoms with van der Waals surface area (Å²) in [4.78, 5) is 33.1. The summed E-state index contributed by atoms with van der Waals surface area (Å²) >= 11 is 0. The summed E-state index contributed by atoms with van der Waals surface area (Å²) in [7, 11) is -3.71. The van der Waals surface area contributed by atoms with Gasteiger partial charge in [0.05, 0.1) is 10.5 Å². The summed E-state index contributed by atoms with van der Waals surface area (Å²) < 4.78 is 26.6. The number of aromatic nitrogens is 2. The molecule has 0 saturated heterocycles. The van der Waals surface area contributed by atoms with Crippen LogP contribution >= 0.6 is 0 Å². The van der Waals surface area contributed by atoms with Crippen LogP contribution in [0.2, 0.25) is 0 Å². The fraction of sp³-hybridized carbons (Fsp3) is 0.182. The van der Waals surface area contributed by atoms with Crippen LogP contribution < -0.4 is 10.9 Å². The lowest BCUT2D eigenvalue weighted by Gasteiger charge is -2.18. The lowest BCUT2D eigenvalue weighted by Crippen LogP contribution is -2.41. The van der Waals surface area contributed by atoms with E-state index in [1.165, 1.54) is 41.0 Å². The van der Waals surface area contributed by atoms with Gasteiger partial charge in [0.2, 0.25) is 10.0 Å². The average molecular weight is 454 g/mol. The Labute approximate surface area is 186 Å². The maximum Gasteiger partial charge on any atom is 0.272 e. The predicted octanol–water partition coefficient (Wildman–Crippen LogP) is 2.25. The van der Waals surface area contributed by atoms with Crippen molar-refractivity contribution < 1.29 is 18.0 Å². The monoisotopic (exact) mass is 453 g/mol. The van der Waals surface area contributed by atoms with E-state index in [-0.39, 0.29) is 16.0 Å². The number of nitrogens with zero attached hydrogens (tertiary/aromatic N) is 3. The molecule has 1 heterocycles. The zero-order valence-corrected chi connectivity index (χ0v) is 18.5. The molecule has 10 heteroatoms. The first kappa shape index (κ1) is 23.0. The highest BCUT2D eigenvalue weighted by molar-refractivity contribution is 7.89. The van der Waals surface area contributed by atoms with Gasteiger partial charge in [0.15, 0.2) is 5.82 Å². The zero-order chi connectivity index (χ0) is 23.1. The third kappa shape index (κ3) is 5.16. The topological polar surface area (TPSA) is 121 Å². The van der Waals surface area contributed by atoms with Crippen molar-refractivity contribution in [2.24, 2.45) is 0 Å². The van der Waals surface area contributed by atoms with Crippen LogP contribution in [0.5, 0.6) is 0 Å². The lowest BCUT2D eigenvalue weighted by atomic mass is 10.2. The van der Waals surface area contributed by atoms with Gasteiger partial charge in [-0.3, -0.25) is 20.4 Å². The molecule has 2 N–H and O–H groups in total. The van der Waals surface area contributed by atoms with Crippen LogP contribution in [0.25, 0.3) is 11.4 Å². The molecular formula is C22H23N5O4S. The summed E-state index contributed by atoms with van der Waals surface area (Å²) in [5.74, 6) is -0.793. The fourth-order valence-corrected chi connectivity index (χ4v) is 4.45. The molecule has 0 aliphatic carbocycles. The van der Waals surface area contributed by atoms with Crippen LogP contribution in [0.4, 0.5) is 0 Å². The van der Waals surface area contributed by atoms with E-state index in [0.29, 0.717) is 18.9 Å².